The number of benzene rings is 1. The fourth-order valence-electron chi connectivity index (χ4n) is 1.92. The predicted octanol–water partition coefficient (Wildman–Crippen LogP) is 2.84. The number of fused-ring (bicyclic) bond motifs is 1. The quantitative estimate of drug-likeness (QED) is 0.732. The van der Waals surface area contributed by atoms with E-state index < -0.39 is 5.82 Å². The van der Waals surface area contributed by atoms with Crippen LogP contribution in [0.4, 0.5) is 4.39 Å². The Labute approximate surface area is 112 Å². The summed E-state index contributed by atoms with van der Waals surface area (Å²) in [6, 6.07) is 7.45. The standard InChI is InChI=1S/C13H9FN2O2S/c14-8-3-4-11-10(6-8)12(17)16(13(19)15-11)7-9-2-1-5-18-9/h1-6H,7H2,(H,15,19). The van der Waals surface area contributed by atoms with Crippen molar-refractivity contribution < 1.29 is 8.81 Å². The van der Waals surface area contributed by atoms with Crippen LogP contribution in [0.15, 0.2) is 45.8 Å². The van der Waals surface area contributed by atoms with Gasteiger partial charge in [-0.3, -0.25) is 9.36 Å². The molecule has 0 atom stereocenters. The van der Waals surface area contributed by atoms with Crippen LogP contribution in [0, 0.1) is 10.6 Å². The van der Waals surface area contributed by atoms with E-state index in [9.17, 15) is 9.18 Å². The second-order valence-electron chi connectivity index (χ2n) is 4.09. The number of furan rings is 1. The molecule has 96 valence electrons. The van der Waals surface area contributed by atoms with E-state index in [0.717, 1.165) is 0 Å². The first-order chi connectivity index (χ1) is 9.15. The largest absolute Gasteiger partial charge is 0.467 e. The van der Waals surface area contributed by atoms with E-state index in [4.69, 9.17) is 16.6 Å². The zero-order valence-electron chi connectivity index (χ0n) is 9.72. The molecule has 6 heteroatoms. The van der Waals surface area contributed by atoms with E-state index >= 15 is 0 Å². The Balaban J connectivity index is 2.25. The fraction of sp³-hybridized carbons (Fsp3) is 0.0769. The van der Waals surface area contributed by atoms with Crippen molar-refractivity contribution >= 4 is 23.1 Å². The van der Waals surface area contributed by atoms with Crippen LogP contribution < -0.4 is 5.56 Å². The summed E-state index contributed by atoms with van der Waals surface area (Å²) in [6.07, 6.45) is 1.52. The molecular formula is C13H9FN2O2S. The van der Waals surface area contributed by atoms with Crippen LogP contribution in [0.1, 0.15) is 5.76 Å². The molecule has 2 aromatic heterocycles. The number of aromatic amines is 1. The number of H-pyrrole nitrogens is 1. The van der Waals surface area contributed by atoms with E-state index in [1.165, 1.54) is 29.0 Å². The van der Waals surface area contributed by atoms with Crippen LogP contribution in [-0.2, 0) is 6.54 Å². The normalized spacial score (nSPS) is 11.0. The molecule has 0 saturated carbocycles. The molecule has 0 fully saturated rings. The first-order valence-electron chi connectivity index (χ1n) is 5.60. The minimum Gasteiger partial charge on any atom is -0.467 e. The second-order valence-corrected chi connectivity index (χ2v) is 4.48. The smallest absolute Gasteiger partial charge is 0.262 e. The highest BCUT2D eigenvalue weighted by Crippen LogP contribution is 2.10. The molecule has 0 aliphatic rings. The monoisotopic (exact) mass is 276 g/mol. The molecule has 0 saturated heterocycles. The average molecular weight is 276 g/mol. The van der Waals surface area contributed by atoms with Crippen molar-refractivity contribution in [2.75, 3.05) is 0 Å². The molecule has 0 amide bonds. The zero-order chi connectivity index (χ0) is 13.4. The van der Waals surface area contributed by atoms with E-state index in [-0.39, 0.29) is 22.3 Å². The Bertz CT molecular complexity index is 849. The predicted molar refractivity (Wildman–Crippen MR) is 71.2 cm³/mol. The maximum atomic E-state index is 13.2. The lowest BCUT2D eigenvalue weighted by Gasteiger charge is -2.06. The third kappa shape index (κ3) is 2.10. The fourth-order valence-corrected chi connectivity index (χ4v) is 2.18. The molecule has 0 aliphatic heterocycles. The van der Waals surface area contributed by atoms with Gasteiger partial charge in [0, 0.05) is 0 Å². The lowest BCUT2D eigenvalue weighted by Crippen LogP contribution is -2.22. The topological polar surface area (TPSA) is 50.9 Å². The first kappa shape index (κ1) is 11.9. The molecule has 3 aromatic rings. The van der Waals surface area contributed by atoms with Gasteiger partial charge in [-0.15, -0.1) is 0 Å². The summed E-state index contributed by atoms with van der Waals surface area (Å²) in [5, 5.41) is 0.264. The maximum absolute atomic E-state index is 13.2. The summed E-state index contributed by atoms with van der Waals surface area (Å²) in [5.74, 6) is 0.150. The number of hydrogen-bond acceptors (Lipinski definition) is 3. The van der Waals surface area contributed by atoms with Gasteiger partial charge in [0.05, 0.1) is 23.7 Å². The SMILES string of the molecule is O=c1c2cc(F)ccc2[nH]c(=S)n1Cc1ccco1. The minimum absolute atomic E-state index is 0.216. The van der Waals surface area contributed by atoms with Gasteiger partial charge in [-0.25, -0.2) is 4.39 Å². The summed E-state index contributed by atoms with van der Waals surface area (Å²) >= 11 is 5.14. The number of nitrogens with one attached hydrogen (secondary N) is 1. The Morgan fingerprint density at radius 3 is 2.95 bits per heavy atom. The highest BCUT2D eigenvalue weighted by Gasteiger charge is 2.08. The summed E-state index contributed by atoms with van der Waals surface area (Å²) in [5.41, 5.74) is 0.182. The summed E-state index contributed by atoms with van der Waals surface area (Å²) < 4.78 is 20.0. The molecule has 19 heavy (non-hydrogen) atoms. The highest BCUT2D eigenvalue weighted by atomic mass is 32.1. The van der Waals surface area contributed by atoms with Gasteiger partial charge in [0.2, 0.25) is 0 Å². The van der Waals surface area contributed by atoms with Crippen molar-refractivity contribution in [2.45, 2.75) is 6.54 Å². The van der Waals surface area contributed by atoms with Crippen molar-refractivity contribution in [2.24, 2.45) is 0 Å². The van der Waals surface area contributed by atoms with Crippen molar-refractivity contribution in [1.29, 1.82) is 0 Å². The van der Waals surface area contributed by atoms with Crippen LogP contribution in [-0.4, -0.2) is 9.55 Å². The summed E-state index contributed by atoms with van der Waals surface area (Å²) in [4.78, 5) is 15.2. The van der Waals surface area contributed by atoms with Gasteiger partial charge < -0.3 is 9.40 Å². The van der Waals surface area contributed by atoms with Crippen molar-refractivity contribution in [3.8, 4) is 0 Å². The van der Waals surface area contributed by atoms with Crippen molar-refractivity contribution in [1.82, 2.24) is 9.55 Å². The van der Waals surface area contributed by atoms with Crippen LogP contribution in [0.25, 0.3) is 10.9 Å². The van der Waals surface area contributed by atoms with Gasteiger partial charge in [-0.05, 0) is 42.5 Å². The van der Waals surface area contributed by atoms with Gasteiger partial charge in [-0.1, -0.05) is 0 Å². The molecule has 4 nitrogen and oxygen atoms in total. The Morgan fingerprint density at radius 2 is 2.21 bits per heavy atom. The van der Waals surface area contributed by atoms with E-state index in [1.54, 1.807) is 12.1 Å². The van der Waals surface area contributed by atoms with Crippen molar-refractivity contribution in [3.05, 3.63) is 63.3 Å². The molecule has 0 unspecified atom stereocenters. The van der Waals surface area contributed by atoms with Gasteiger partial charge in [-0.2, -0.15) is 0 Å². The average Bonchev–Trinajstić information content (AvgIpc) is 2.89. The highest BCUT2D eigenvalue weighted by molar-refractivity contribution is 7.71. The zero-order valence-corrected chi connectivity index (χ0v) is 10.5. The van der Waals surface area contributed by atoms with Crippen molar-refractivity contribution in [3.63, 3.8) is 0 Å². The summed E-state index contributed by atoms with van der Waals surface area (Å²) in [7, 11) is 0. The number of rotatable bonds is 2. The van der Waals surface area contributed by atoms with Crippen LogP contribution in [0.5, 0.6) is 0 Å². The molecule has 1 aromatic carbocycles. The van der Waals surface area contributed by atoms with Crippen LogP contribution in [0.3, 0.4) is 0 Å². The van der Waals surface area contributed by atoms with Crippen LogP contribution >= 0.6 is 12.2 Å². The maximum Gasteiger partial charge on any atom is 0.262 e. The van der Waals surface area contributed by atoms with E-state index in [0.29, 0.717) is 11.3 Å². The Kier molecular flexibility index (Phi) is 2.79. The molecule has 3 rings (SSSR count). The Hall–Kier alpha value is -2.21. The molecule has 0 radical (unpaired) electrons. The van der Waals surface area contributed by atoms with E-state index in [2.05, 4.69) is 4.98 Å². The summed E-state index contributed by atoms with van der Waals surface area (Å²) in [6.45, 7) is 0.216. The molecule has 0 aliphatic carbocycles. The lowest BCUT2D eigenvalue weighted by molar-refractivity contribution is 0.487. The number of nitrogens with zero attached hydrogens (tertiary/aromatic N) is 1. The molecule has 0 spiro atoms. The van der Waals surface area contributed by atoms with Gasteiger partial charge in [0.15, 0.2) is 4.77 Å². The molecule has 1 N–H and O–H groups in total. The molecule has 0 bridgehead atoms. The minimum atomic E-state index is -0.459. The number of hydrogen-bond donors (Lipinski definition) is 1. The first-order valence-corrected chi connectivity index (χ1v) is 6.01. The third-order valence-electron chi connectivity index (χ3n) is 2.84. The van der Waals surface area contributed by atoms with Crippen LogP contribution in [0.2, 0.25) is 0 Å². The molecule has 2 heterocycles. The van der Waals surface area contributed by atoms with Gasteiger partial charge in [0.25, 0.3) is 5.56 Å². The molecular weight excluding hydrogens is 267 g/mol. The third-order valence-corrected chi connectivity index (χ3v) is 3.16. The lowest BCUT2D eigenvalue weighted by atomic mass is 10.2. The number of halogens is 1. The second kappa shape index (κ2) is 4.47. The van der Waals surface area contributed by atoms with E-state index in [1.807, 2.05) is 0 Å². The van der Waals surface area contributed by atoms with Gasteiger partial charge >= 0.3 is 0 Å². The van der Waals surface area contributed by atoms with Gasteiger partial charge in [0.1, 0.15) is 11.6 Å². The number of aromatic nitrogens is 2. The Morgan fingerprint density at radius 1 is 1.37 bits per heavy atom.